The molecule has 1 aromatic carbocycles. The van der Waals surface area contributed by atoms with Gasteiger partial charge < -0.3 is 10.6 Å². The zero-order chi connectivity index (χ0) is 14.5. The highest BCUT2D eigenvalue weighted by molar-refractivity contribution is 5.61. The van der Waals surface area contributed by atoms with Gasteiger partial charge in [0.1, 0.15) is 6.07 Å². The Kier molecular flexibility index (Phi) is 5.03. The molecule has 0 heterocycles. The summed E-state index contributed by atoms with van der Waals surface area (Å²) in [6, 6.07) is 9.36. The van der Waals surface area contributed by atoms with E-state index in [9.17, 15) is 5.26 Å². The van der Waals surface area contributed by atoms with Crippen LogP contribution in [0, 0.1) is 18.3 Å². The summed E-state index contributed by atoms with van der Waals surface area (Å²) < 4.78 is 0. The SMILES string of the molecule is CCCN(c1cc(C)ccc1C#N)C1CCC(N)CC1. The van der Waals surface area contributed by atoms with Crippen LogP contribution in [0.5, 0.6) is 0 Å². The van der Waals surface area contributed by atoms with Crippen LogP contribution >= 0.6 is 0 Å². The summed E-state index contributed by atoms with van der Waals surface area (Å²) in [5.74, 6) is 0. The normalized spacial score (nSPS) is 22.3. The van der Waals surface area contributed by atoms with Crippen LogP contribution in [0.15, 0.2) is 18.2 Å². The monoisotopic (exact) mass is 271 g/mol. The largest absolute Gasteiger partial charge is 0.367 e. The minimum Gasteiger partial charge on any atom is -0.367 e. The molecule has 1 aliphatic carbocycles. The van der Waals surface area contributed by atoms with E-state index in [1.807, 2.05) is 12.1 Å². The van der Waals surface area contributed by atoms with Crippen molar-refractivity contribution in [1.82, 2.24) is 0 Å². The fourth-order valence-electron chi connectivity index (χ4n) is 3.13. The van der Waals surface area contributed by atoms with E-state index >= 15 is 0 Å². The Hall–Kier alpha value is -1.53. The number of nitrogens with zero attached hydrogens (tertiary/aromatic N) is 2. The van der Waals surface area contributed by atoms with Gasteiger partial charge in [-0.3, -0.25) is 0 Å². The number of nitrogens with two attached hydrogens (primary N) is 1. The van der Waals surface area contributed by atoms with E-state index in [-0.39, 0.29) is 0 Å². The summed E-state index contributed by atoms with van der Waals surface area (Å²) in [6.07, 6.45) is 5.57. The Morgan fingerprint density at radius 3 is 2.60 bits per heavy atom. The van der Waals surface area contributed by atoms with Crippen LogP contribution in [0.2, 0.25) is 0 Å². The van der Waals surface area contributed by atoms with Crippen molar-refractivity contribution < 1.29 is 0 Å². The van der Waals surface area contributed by atoms with Gasteiger partial charge in [0.05, 0.1) is 11.3 Å². The van der Waals surface area contributed by atoms with E-state index in [1.165, 1.54) is 5.56 Å². The van der Waals surface area contributed by atoms with Gasteiger partial charge in [0.2, 0.25) is 0 Å². The summed E-state index contributed by atoms with van der Waals surface area (Å²) >= 11 is 0. The van der Waals surface area contributed by atoms with Crippen molar-refractivity contribution in [2.75, 3.05) is 11.4 Å². The predicted molar refractivity (Wildman–Crippen MR) is 83.8 cm³/mol. The quantitative estimate of drug-likeness (QED) is 0.913. The molecular weight excluding hydrogens is 246 g/mol. The van der Waals surface area contributed by atoms with Crippen molar-refractivity contribution in [2.24, 2.45) is 5.73 Å². The van der Waals surface area contributed by atoms with Crippen LogP contribution in [-0.2, 0) is 0 Å². The molecule has 1 aromatic rings. The van der Waals surface area contributed by atoms with Crippen molar-refractivity contribution in [1.29, 1.82) is 5.26 Å². The van der Waals surface area contributed by atoms with E-state index < -0.39 is 0 Å². The predicted octanol–water partition coefficient (Wildman–Crippen LogP) is 3.35. The van der Waals surface area contributed by atoms with Crippen LogP contribution in [0.25, 0.3) is 0 Å². The zero-order valence-corrected chi connectivity index (χ0v) is 12.6. The second-order valence-electron chi connectivity index (χ2n) is 5.89. The molecule has 2 rings (SSSR count). The van der Waals surface area contributed by atoms with Crippen LogP contribution in [-0.4, -0.2) is 18.6 Å². The molecule has 0 bridgehead atoms. The number of anilines is 1. The number of hydrogen-bond acceptors (Lipinski definition) is 3. The van der Waals surface area contributed by atoms with Crippen LogP contribution in [0.1, 0.15) is 50.2 Å². The van der Waals surface area contributed by atoms with Crippen molar-refractivity contribution >= 4 is 5.69 Å². The number of nitriles is 1. The van der Waals surface area contributed by atoms with E-state index in [4.69, 9.17) is 5.73 Å². The Labute approximate surface area is 122 Å². The van der Waals surface area contributed by atoms with Crippen molar-refractivity contribution in [3.05, 3.63) is 29.3 Å². The average molecular weight is 271 g/mol. The smallest absolute Gasteiger partial charge is 0.101 e. The summed E-state index contributed by atoms with van der Waals surface area (Å²) in [7, 11) is 0. The van der Waals surface area contributed by atoms with Gasteiger partial charge in [0.15, 0.2) is 0 Å². The molecule has 3 heteroatoms. The fraction of sp³-hybridized carbons (Fsp3) is 0.588. The summed E-state index contributed by atoms with van der Waals surface area (Å²) in [5, 5.41) is 9.37. The Balaban J connectivity index is 2.28. The number of hydrogen-bond donors (Lipinski definition) is 1. The van der Waals surface area contributed by atoms with Gasteiger partial charge in [-0.15, -0.1) is 0 Å². The maximum absolute atomic E-state index is 9.37. The zero-order valence-electron chi connectivity index (χ0n) is 12.6. The summed E-state index contributed by atoms with van der Waals surface area (Å²) in [6.45, 7) is 5.30. The van der Waals surface area contributed by atoms with Crippen molar-refractivity contribution in [3.63, 3.8) is 0 Å². The Bertz CT molecular complexity index is 481. The molecule has 1 aliphatic rings. The topological polar surface area (TPSA) is 53.0 Å². The molecule has 1 saturated carbocycles. The summed E-state index contributed by atoms with van der Waals surface area (Å²) in [5.41, 5.74) is 9.13. The number of rotatable bonds is 4. The second-order valence-corrected chi connectivity index (χ2v) is 5.89. The van der Waals surface area contributed by atoms with Gasteiger partial charge in [0.25, 0.3) is 0 Å². The highest BCUT2D eigenvalue weighted by Crippen LogP contribution is 2.30. The van der Waals surface area contributed by atoms with E-state index in [0.717, 1.165) is 49.9 Å². The molecule has 3 nitrogen and oxygen atoms in total. The van der Waals surface area contributed by atoms with Gasteiger partial charge in [0, 0.05) is 18.6 Å². The highest BCUT2D eigenvalue weighted by Gasteiger charge is 2.25. The molecule has 2 N–H and O–H groups in total. The lowest BCUT2D eigenvalue weighted by atomic mass is 9.90. The maximum Gasteiger partial charge on any atom is 0.101 e. The standard InChI is InChI=1S/C17H25N3/c1-3-10-20(16-8-6-15(19)7-9-16)17-11-13(2)4-5-14(17)12-18/h4-5,11,15-16H,3,6-10,19H2,1-2H3. The van der Waals surface area contributed by atoms with Crippen LogP contribution in [0.4, 0.5) is 5.69 Å². The molecule has 1 fully saturated rings. The number of benzene rings is 1. The van der Waals surface area contributed by atoms with E-state index in [2.05, 4.69) is 30.9 Å². The average Bonchev–Trinajstić information content (AvgIpc) is 2.46. The van der Waals surface area contributed by atoms with Gasteiger partial charge >= 0.3 is 0 Å². The molecule has 0 aliphatic heterocycles. The molecule has 108 valence electrons. The van der Waals surface area contributed by atoms with E-state index in [0.29, 0.717) is 12.1 Å². The second kappa shape index (κ2) is 6.76. The van der Waals surface area contributed by atoms with Gasteiger partial charge in [-0.25, -0.2) is 0 Å². The Morgan fingerprint density at radius 2 is 2.00 bits per heavy atom. The minimum absolute atomic E-state index is 0.364. The molecule has 0 spiro atoms. The van der Waals surface area contributed by atoms with Gasteiger partial charge in [-0.2, -0.15) is 5.26 Å². The minimum atomic E-state index is 0.364. The van der Waals surface area contributed by atoms with E-state index in [1.54, 1.807) is 0 Å². The van der Waals surface area contributed by atoms with Gasteiger partial charge in [-0.1, -0.05) is 13.0 Å². The molecule has 0 radical (unpaired) electrons. The molecule has 0 unspecified atom stereocenters. The first-order valence-electron chi connectivity index (χ1n) is 7.68. The molecule has 0 atom stereocenters. The lowest BCUT2D eigenvalue weighted by Crippen LogP contribution is -2.41. The molecule has 0 aromatic heterocycles. The first-order chi connectivity index (χ1) is 9.65. The lowest BCUT2D eigenvalue weighted by Gasteiger charge is -2.38. The third-order valence-electron chi connectivity index (χ3n) is 4.23. The third kappa shape index (κ3) is 3.32. The summed E-state index contributed by atoms with van der Waals surface area (Å²) in [4.78, 5) is 2.44. The Morgan fingerprint density at radius 1 is 1.30 bits per heavy atom. The fourth-order valence-corrected chi connectivity index (χ4v) is 3.13. The van der Waals surface area contributed by atoms with Crippen molar-refractivity contribution in [2.45, 2.75) is 58.0 Å². The first kappa shape index (κ1) is 14.9. The molecule has 0 saturated heterocycles. The van der Waals surface area contributed by atoms with Crippen LogP contribution < -0.4 is 10.6 Å². The third-order valence-corrected chi connectivity index (χ3v) is 4.23. The van der Waals surface area contributed by atoms with Crippen molar-refractivity contribution in [3.8, 4) is 6.07 Å². The lowest BCUT2D eigenvalue weighted by molar-refractivity contribution is 0.375. The first-order valence-corrected chi connectivity index (χ1v) is 7.68. The molecule has 20 heavy (non-hydrogen) atoms. The maximum atomic E-state index is 9.37. The highest BCUT2D eigenvalue weighted by atomic mass is 15.2. The van der Waals surface area contributed by atoms with Crippen LogP contribution in [0.3, 0.4) is 0 Å². The number of aryl methyl sites for hydroxylation is 1. The van der Waals surface area contributed by atoms with Gasteiger partial charge in [-0.05, 0) is 56.7 Å². The molecule has 0 amide bonds. The molecular formula is C17H25N3.